The highest BCUT2D eigenvalue weighted by Gasteiger charge is 2.06. The number of hydrogen-bond donors (Lipinski definition) is 1. The molecule has 0 spiro atoms. The zero-order valence-electron chi connectivity index (χ0n) is 12.7. The number of nitrogens with one attached hydrogen (secondary N) is 1. The largest absolute Gasteiger partial charge is 0.486 e. The molecule has 1 atom stereocenters. The average Bonchev–Trinajstić information content (AvgIpc) is 2.54. The second-order valence-electron chi connectivity index (χ2n) is 4.98. The Labute approximate surface area is 126 Å². The lowest BCUT2D eigenvalue weighted by Crippen LogP contribution is -2.18. The van der Waals surface area contributed by atoms with Crippen molar-refractivity contribution in [2.24, 2.45) is 0 Å². The summed E-state index contributed by atoms with van der Waals surface area (Å²) in [6.07, 6.45) is 0.0527. The molecule has 1 unspecified atom stereocenters. The molecule has 3 heteroatoms. The molecule has 112 valence electrons. The standard InChI is InChI=1S/C18H23NO2/c1-15(17-6-4-3-5-7-17)21-18-10-8-16(9-11-18)14-19-12-13-20-2/h3-11,15,19H,12-14H2,1-2H3. The fourth-order valence-electron chi connectivity index (χ4n) is 2.09. The average molecular weight is 285 g/mol. The van der Waals surface area contributed by atoms with E-state index in [2.05, 4.69) is 36.5 Å². The third kappa shape index (κ3) is 5.21. The Bertz CT molecular complexity index is 511. The van der Waals surface area contributed by atoms with Crippen molar-refractivity contribution in [3.63, 3.8) is 0 Å². The molecule has 0 heterocycles. The van der Waals surface area contributed by atoms with Gasteiger partial charge in [0.05, 0.1) is 6.61 Å². The SMILES string of the molecule is COCCNCc1ccc(OC(C)c2ccccc2)cc1. The second-order valence-corrected chi connectivity index (χ2v) is 4.98. The first kappa shape index (κ1) is 15.5. The van der Waals surface area contributed by atoms with Crippen LogP contribution in [0.3, 0.4) is 0 Å². The third-order valence-electron chi connectivity index (χ3n) is 3.32. The van der Waals surface area contributed by atoms with Crippen LogP contribution in [0.2, 0.25) is 0 Å². The van der Waals surface area contributed by atoms with Gasteiger partial charge in [-0.3, -0.25) is 0 Å². The maximum Gasteiger partial charge on any atom is 0.121 e. The van der Waals surface area contributed by atoms with Gasteiger partial charge in [-0.05, 0) is 30.2 Å². The molecular formula is C18H23NO2. The Morgan fingerprint density at radius 3 is 2.38 bits per heavy atom. The predicted molar refractivity (Wildman–Crippen MR) is 85.5 cm³/mol. The Morgan fingerprint density at radius 2 is 1.71 bits per heavy atom. The first-order valence-corrected chi connectivity index (χ1v) is 7.30. The van der Waals surface area contributed by atoms with E-state index in [0.29, 0.717) is 0 Å². The van der Waals surface area contributed by atoms with E-state index in [1.807, 2.05) is 30.3 Å². The first-order chi connectivity index (χ1) is 10.3. The van der Waals surface area contributed by atoms with Gasteiger partial charge in [-0.2, -0.15) is 0 Å². The normalized spacial score (nSPS) is 12.1. The fraction of sp³-hybridized carbons (Fsp3) is 0.333. The molecule has 0 aromatic heterocycles. The molecular weight excluding hydrogens is 262 g/mol. The lowest BCUT2D eigenvalue weighted by Gasteiger charge is -2.15. The van der Waals surface area contributed by atoms with Crippen LogP contribution in [-0.2, 0) is 11.3 Å². The second kappa shape index (κ2) is 8.45. The molecule has 21 heavy (non-hydrogen) atoms. The number of ether oxygens (including phenoxy) is 2. The van der Waals surface area contributed by atoms with Gasteiger partial charge in [0.2, 0.25) is 0 Å². The number of benzene rings is 2. The molecule has 0 aliphatic carbocycles. The van der Waals surface area contributed by atoms with Crippen molar-refractivity contribution in [2.75, 3.05) is 20.3 Å². The van der Waals surface area contributed by atoms with Crippen molar-refractivity contribution in [1.82, 2.24) is 5.32 Å². The van der Waals surface area contributed by atoms with Crippen molar-refractivity contribution in [3.05, 3.63) is 65.7 Å². The van der Waals surface area contributed by atoms with Crippen LogP contribution < -0.4 is 10.1 Å². The van der Waals surface area contributed by atoms with Crippen molar-refractivity contribution in [1.29, 1.82) is 0 Å². The van der Waals surface area contributed by atoms with Gasteiger partial charge in [0.1, 0.15) is 11.9 Å². The summed E-state index contributed by atoms with van der Waals surface area (Å²) in [6.45, 7) is 4.50. The summed E-state index contributed by atoms with van der Waals surface area (Å²) in [6, 6.07) is 18.5. The van der Waals surface area contributed by atoms with Gasteiger partial charge < -0.3 is 14.8 Å². The number of methoxy groups -OCH3 is 1. The highest BCUT2D eigenvalue weighted by Crippen LogP contribution is 2.21. The van der Waals surface area contributed by atoms with E-state index in [-0.39, 0.29) is 6.10 Å². The van der Waals surface area contributed by atoms with E-state index < -0.39 is 0 Å². The van der Waals surface area contributed by atoms with Crippen LogP contribution in [0.15, 0.2) is 54.6 Å². The Balaban J connectivity index is 1.84. The molecule has 0 bridgehead atoms. The van der Waals surface area contributed by atoms with Crippen LogP contribution in [0.1, 0.15) is 24.2 Å². The summed E-state index contributed by atoms with van der Waals surface area (Å²) in [4.78, 5) is 0. The molecule has 3 nitrogen and oxygen atoms in total. The molecule has 0 aliphatic heterocycles. The zero-order valence-corrected chi connectivity index (χ0v) is 12.7. The van der Waals surface area contributed by atoms with Crippen LogP contribution in [0.4, 0.5) is 0 Å². The summed E-state index contributed by atoms with van der Waals surface area (Å²) < 4.78 is 11.0. The zero-order chi connectivity index (χ0) is 14.9. The van der Waals surface area contributed by atoms with E-state index >= 15 is 0 Å². The molecule has 1 N–H and O–H groups in total. The van der Waals surface area contributed by atoms with Crippen molar-refractivity contribution in [2.45, 2.75) is 19.6 Å². The lowest BCUT2D eigenvalue weighted by molar-refractivity contribution is 0.199. The Kier molecular flexibility index (Phi) is 6.25. The van der Waals surface area contributed by atoms with Crippen LogP contribution in [0.5, 0.6) is 5.75 Å². The number of rotatable bonds is 8. The van der Waals surface area contributed by atoms with Crippen molar-refractivity contribution in [3.8, 4) is 5.75 Å². The van der Waals surface area contributed by atoms with E-state index in [0.717, 1.165) is 25.4 Å². The van der Waals surface area contributed by atoms with Gasteiger partial charge in [0.15, 0.2) is 0 Å². The predicted octanol–water partition coefficient (Wildman–Crippen LogP) is 3.56. The van der Waals surface area contributed by atoms with E-state index in [1.54, 1.807) is 7.11 Å². The molecule has 0 fully saturated rings. The minimum Gasteiger partial charge on any atom is -0.486 e. The van der Waals surface area contributed by atoms with Crippen LogP contribution in [0, 0.1) is 0 Å². The van der Waals surface area contributed by atoms with Gasteiger partial charge in [-0.1, -0.05) is 42.5 Å². The monoisotopic (exact) mass is 285 g/mol. The molecule has 0 aliphatic rings. The highest BCUT2D eigenvalue weighted by atomic mass is 16.5. The van der Waals surface area contributed by atoms with E-state index in [9.17, 15) is 0 Å². The molecule has 0 amide bonds. The number of hydrogen-bond acceptors (Lipinski definition) is 3. The van der Waals surface area contributed by atoms with Gasteiger partial charge in [-0.15, -0.1) is 0 Å². The lowest BCUT2D eigenvalue weighted by atomic mass is 10.1. The maximum absolute atomic E-state index is 5.96. The minimum atomic E-state index is 0.0527. The smallest absolute Gasteiger partial charge is 0.121 e. The Hall–Kier alpha value is -1.84. The van der Waals surface area contributed by atoms with Gasteiger partial charge in [0.25, 0.3) is 0 Å². The van der Waals surface area contributed by atoms with Crippen LogP contribution in [0.25, 0.3) is 0 Å². The van der Waals surface area contributed by atoms with Gasteiger partial charge in [-0.25, -0.2) is 0 Å². The van der Waals surface area contributed by atoms with Crippen LogP contribution in [-0.4, -0.2) is 20.3 Å². The highest BCUT2D eigenvalue weighted by molar-refractivity contribution is 5.28. The minimum absolute atomic E-state index is 0.0527. The molecule has 2 aromatic carbocycles. The first-order valence-electron chi connectivity index (χ1n) is 7.30. The van der Waals surface area contributed by atoms with Crippen molar-refractivity contribution >= 4 is 0 Å². The Morgan fingerprint density at radius 1 is 1.00 bits per heavy atom. The third-order valence-corrected chi connectivity index (χ3v) is 3.32. The molecule has 2 rings (SSSR count). The quantitative estimate of drug-likeness (QED) is 0.752. The van der Waals surface area contributed by atoms with Crippen LogP contribution >= 0.6 is 0 Å². The van der Waals surface area contributed by atoms with Crippen molar-refractivity contribution < 1.29 is 9.47 Å². The molecule has 2 aromatic rings. The van der Waals surface area contributed by atoms with E-state index in [4.69, 9.17) is 9.47 Å². The van der Waals surface area contributed by atoms with Gasteiger partial charge >= 0.3 is 0 Å². The van der Waals surface area contributed by atoms with E-state index in [1.165, 1.54) is 11.1 Å². The molecule has 0 radical (unpaired) electrons. The topological polar surface area (TPSA) is 30.5 Å². The fourth-order valence-corrected chi connectivity index (χ4v) is 2.09. The summed E-state index contributed by atoms with van der Waals surface area (Å²) in [5, 5.41) is 3.32. The summed E-state index contributed by atoms with van der Waals surface area (Å²) in [7, 11) is 1.71. The van der Waals surface area contributed by atoms with Gasteiger partial charge in [0, 0.05) is 20.2 Å². The molecule has 0 saturated heterocycles. The maximum atomic E-state index is 5.96. The summed E-state index contributed by atoms with van der Waals surface area (Å²) >= 11 is 0. The summed E-state index contributed by atoms with van der Waals surface area (Å²) in [5.74, 6) is 0.895. The summed E-state index contributed by atoms with van der Waals surface area (Å²) in [5.41, 5.74) is 2.42. The molecule has 0 saturated carbocycles.